The molecular formula is C31H40F3N7O4. The fourth-order valence-corrected chi connectivity index (χ4v) is 4.35. The summed E-state index contributed by atoms with van der Waals surface area (Å²) in [5.41, 5.74) is 1.64. The van der Waals surface area contributed by atoms with Crippen molar-refractivity contribution in [3.8, 4) is 17.5 Å². The van der Waals surface area contributed by atoms with Crippen LogP contribution in [0.1, 0.15) is 43.2 Å². The molecule has 2 aromatic carbocycles. The van der Waals surface area contributed by atoms with Crippen molar-refractivity contribution in [2.24, 2.45) is 4.99 Å². The zero-order valence-corrected chi connectivity index (χ0v) is 25.8. The van der Waals surface area contributed by atoms with Gasteiger partial charge in [-0.05, 0) is 61.4 Å². The Morgan fingerprint density at radius 1 is 0.956 bits per heavy atom. The molecule has 0 aliphatic carbocycles. The number of rotatable bonds is 7. The van der Waals surface area contributed by atoms with Crippen molar-refractivity contribution in [3.05, 3.63) is 53.6 Å². The Labute approximate surface area is 261 Å². The normalized spacial score (nSPS) is 15.1. The van der Waals surface area contributed by atoms with Gasteiger partial charge in [0.05, 0.1) is 40.9 Å². The van der Waals surface area contributed by atoms with Gasteiger partial charge in [0.1, 0.15) is 11.5 Å². The second-order valence-corrected chi connectivity index (χ2v) is 11.7. The van der Waals surface area contributed by atoms with Gasteiger partial charge in [-0.25, -0.2) is 0 Å². The molecule has 3 heterocycles. The lowest BCUT2D eigenvalue weighted by Crippen LogP contribution is -2.35. The standard InChI is InChI=1S/C31H40F3N7O4/c1-41(2,3)16-8-15-35-27(42)25-14-11-23-19-26(25)44-18-7-5-4-6-17-43-24-12-9-22(10-13-24)20-36-28-38-29(37-23)40-30(39-28)45-21-31(32,33)34/h9-14,19H,4-8,15-18,20-21H2,1-3H3,(H2-,35,36,37,38,39,40,42). The number of aromatic nitrogens is 3. The van der Waals surface area contributed by atoms with E-state index in [1.54, 1.807) is 18.2 Å². The van der Waals surface area contributed by atoms with Crippen LogP contribution in [0.3, 0.4) is 0 Å². The average molecular weight is 632 g/mol. The molecule has 1 aromatic heterocycles. The predicted molar refractivity (Wildman–Crippen MR) is 163 cm³/mol. The third-order valence-corrected chi connectivity index (χ3v) is 6.63. The second kappa shape index (κ2) is 15.6. The lowest BCUT2D eigenvalue weighted by atomic mass is 10.1. The summed E-state index contributed by atoms with van der Waals surface area (Å²) >= 11 is 0. The van der Waals surface area contributed by atoms with Crippen LogP contribution in [0.2, 0.25) is 0 Å². The van der Waals surface area contributed by atoms with Gasteiger partial charge in [-0.3, -0.25) is 0 Å². The minimum atomic E-state index is -4.58. The average Bonchev–Trinajstić information content (AvgIpc) is 2.98. The van der Waals surface area contributed by atoms with Crippen molar-refractivity contribution in [2.75, 3.05) is 64.7 Å². The molecule has 0 amide bonds. The highest BCUT2D eigenvalue weighted by Gasteiger charge is 2.29. The summed E-state index contributed by atoms with van der Waals surface area (Å²) in [7, 11) is 6.24. The molecule has 0 radical (unpaired) electrons. The van der Waals surface area contributed by atoms with Gasteiger partial charge in [-0.2, -0.15) is 28.1 Å². The van der Waals surface area contributed by atoms with E-state index in [0.717, 1.165) is 54.4 Å². The monoisotopic (exact) mass is 631 g/mol. The summed E-state index contributed by atoms with van der Waals surface area (Å²) < 4.78 is 56.2. The highest BCUT2D eigenvalue weighted by Crippen LogP contribution is 2.27. The van der Waals surface area contributed by atoms with Crippen molar-refractivity contribution < 1.29 is 37.0 Å². The minimum absolute atomic E-state index is 0.00634. The summed E-state index contributed by atoms with van der Waals surface area (Å²) in [6.07, 6.45) is -0.295. The molecule has 0 fully saturated rings. The number of aliphatic imine (C=N–C) groups is 1. The van der Waals surface area contributed by atoms with Crippen molar-refractivity contribution in [3.63, 3.8) is 0 Å². The molecule has 2 aliphatic rings. The second-order valence-electron chi connectivity index (χ2n) is 11.7. The summed E-state index contributed by atoms with van der Waals surface area (Å²) in [6, 6.07) is 11.8. The first kappa shape index (κ1) is 33.6. The number of benzene rings is 2. The van der Waals surface area contributed by atoms with E-state index >= 15 is 0 Å². The van der Waals surface area contributed by atoms with E-state index in [4.69, 9.17) is 14.2 Å². The van der Waals surface area contributed by atoms with Crippen LogP contribution in [-0.2, 0) is 6.54 Å². The molecule has 11 nitrogen and oxygen atoms in total. The molecule has 0 saturated carbocycles. The number of halogens is 3. The third-order valence-electron chi connectivity index (χ3n) is 6.63. The van der Waals surface area contributed by atoms with Crippen LogP contribution in [0.4, 0.5) is 30.8 Å². The van der Waals surface area contributed by atoms with Gasteiger partial charge in [0.25, 0.3) is 0 Å². The van der Waals surface area contributed by atoms with E-state index in [-0.39, 0.29) is 24.3 Å². The van der Waals surface area contributed by atoms with Crippen LogP contribution < -0.4 is 30.0 Å². The van der Waals surface area contributed by atoms with Crippen LogP contribution in [0.25, 0.3) is 0 Å². The largest absolute Gasteiger partial charge is 0.858 e. The Balaban J connectivity index is 1.61. The van der Waals surface area contributed by atoms with E-state index in [1.165, 1.54) is 0 Å². The lowest BCUT2D eigenvalue weighted by Gasteiger charge is -2.23. The van der Waals surface area contributed by atoms with E-state index in [1.807, 2.05) is 24.3 Å². The molecule has 3 aromatic rings. The van der Waals surface area contributed by atoms with Crippen LogP contribution in [0, 0.1) is 0 Å². The van der Waals surface area contributed by atoms with Crippen molar-refractivity contribution >= 4 is 23.5 Å². The fourth-order valence-electron chi connectivity index (χ4n) is 4.35. The van der Waals surface area contributed by atoms with Gasteiger partial charge in [-0.15, -0.1) is 0 Å². The molecule has 5 rings (SSSR count). The van der Waals surface area contributed by atoms with Crippen molar-refractivity contribution in [1.29, 1.82) is 0 Å². The highest BCUT2D eigenvalue weighted by molar-refractivity contribution is 5.94. The van der Waals surface area contributed by atoms with E-state index < -0.39 is 18.8 Å². The Kier molecular flexibility index (Phi) is 11.6. The predicted octanol–water partition coefficient (Wildman–Crippen LogP) is 4.70. The van der Waals surface area contributed by atoms with Crippen LogP contribution in [0.5, 0.6) is 17.5 Å². The maximum Gasteiger partial charge on any atom is 0.422 e. The molecule has 0 unspecified atom stereocenters. The third kappa shape index (κ3) is 11.9. The SMILES string of the molecule is C[N+](C)(C)CCCN=C([O-])c1ccc2cc1OCCCCCCOc1ccc(cc1)CNc1nc(nc(OCC(F)(F)F)n1)N2. The van der Waals surface area contributed by atoms with Crippen LogP contribution >= 0.6 is 0 Å². The number of nitrogens with one attached hydrogen (secondary N) is 2. The van der Waals surface area contributed by atoms with Gasteiger partial charge in [-0.1, -0.05) is 12.1 Å². The zero-order valence-electron chi connectivity index (χ0n) is 25.8. The highest BCUT2D eigenvalue weighted by atomic mass is 19.4. The minimum Gasteiger partial charge on any atom is -0.858 e. The number of nitrogens with zero attached hydrogens (tertiary/aromatic N) is 5. The molecule has 14 heteroatoms. The first-order chi connectivity index (χ1) is 21.4. The molecule has 0 atom stereocenters. The van der Waals surface area contributed by atoms with E-state index in [0.29, 0.717) is 36.8 Å². The van der Waals surface area contributed by atoms with Crippen molar-refractivity contribution in [2.45, 2.75) is 44.8 Å². The maximum atomic E-state index is 13.1. The molecule has 45 heavy (non-hydrogen) atoms. The number of quaternary nitrogens is 1. The van der Waals surface area contributed by atoms with E-state index in [2.05, 4.69) is 51.7 Å². The molecule has 244 valence electrons. The quantitative estimate of drug-likeness (QED) is 0.165. The Morgan fingerprint density at radius 2 is 1.67 bits per heavy atom. The van der Waals surface area contributed by atoms with Gasteiger partial charge < -0.3 is 39.4 Å². The summed E-state index contributed by atoms with van der Waals surface area (Å²) in [5.74, 6) is 0.627. The summed E-state index contributed by atoms with van der Waals surface area (Å²) in [6.45, 7) is 0.940. The molecule has 2 N–H and O–H groups in total. The summed E-state index contributed by atoms with van der Waals surface area (Å²) in [4.78, 5) is 16.6. The molecule has 6 bridgehead atoms. The number of anilines is 3. The van der Waals surface area contributed by atoms with Gasteiger partial charge in [0.2, 0.25) is 11.9 Å². The topological polar surface area (TPSA) is 126 Å². The van der Waals surface area contributed by atoms with Crippen molar-refractivity contribution in [1.82, 2.24) is 15.0 Å². The molecule has 2 aliphatic heterocycles. The first-order valence-electron chi connectivity index (χ1n) is 14.9. The Hall–Kier alpha value is -4.33. The number of hydrogen-bond donors (Lipinski definition) is 2. The fraction of sp³-hybridized carbons (Fsp3) is 0.484. The number of fused-ring (bicyclic) bond motifs is 10. The van der Waals surface area contributed by atoms with Crippen LogP contribution in [-0.4, -0.2) is 85.6 Å². The lowest BCUT2D eigenvalue weighted by molar-refractivity contribution is -0.870. The smallest absolute Gasteiger partial charge is 0.422 e. The first-order valence-corrected chi connectivity index (χ1v) is 14.9. The molecule has 0 spiro atoms. The van der Waals surface area contributed by atoms with Gasteiger partial charge in [0, 0.05) is 36.8 Å². The number of hydrogen-bond acceptors (Lipinski definition) is 10. The van der Waals surface area contributed by atoms with Gasteiger partial charge >= 0.3 is 12.2 Å². The number of ether oxygens (including phenoxy) is 3. The van der Waals surface area contributed by atoms with Gasteiger partial charge in [0.15, 0.2) is 6.61 Å². The number of alkyl halides is 3. The van der Waals surface area contributed by atoms with Crippen LogP contribution in [0.15, 0.2) is 47.5 Å². The Bertz CT molecular complexity index is 1410. The molecular weight excluding hydrogens is 591 g/mol. The molecule has 0 saturated heterocycles. The Morgan fingerprint density at radius 3 is 2.38 bits per heavy atom. The maximum absolute atomic E-state index is 13.1. The summed E-state index contributed by atoms with van der Waals surface area (Å²) in [5, 5.41) is 19.0. The zero-order chi connectivity index (χ0) is 32.3. The van der Waals surface area contributed by atoms with E-state index in [9.17, 15) is 18.3 Å².